The molecule has 0 aromatic heterocycles. The topological polar surface area (TPSA) is 23.5 Å². The highest BCUT2D eigenvalue weighted by Gasteiger charge is 2.54. The third kappa shape index (κ3) is 1.17. The van der Waals surface area contributed by atoms with Crippen molar-refractivity contribution in [2.75, 3.05) is 13.1 Å². The minimum absolute atomic E-state index is 0.0356. The molecule has 2 nitrogen and oxygen atoms in total. The molecule has 0 aromatic rings. The SMILES string of the molecule is CCC(C)N1CC(O)C2(CC2)C1. The fraction of sp³-hybridized carbons (Fsp3) is 1.00. The van der Waals surface area contributed by atoms with Crippen LogP contribution in [0.1, 0.15) is 33.1 Å². The average Bonchev–Trinajstić information content (AvgIpc) is 2.75. The summed E-state index contributed by atoms with van der Waals surface area (Å²) in [7, 11) is 0. The maximum absolute atomic E-state index is 9.79. The summed E-state index contributed by atoms with van der Waals surface area (Å²) in [6.07, 6.45) is 3.66. The van der Waals surface area contributed by atoms with Crippen LogP contribution in [0.2, 0.25) is 0 Å². The lowest BCUT2D eigenvalue weighted by molar-refractivity contribution is 0.128. The van der Waals surface area contributed by atoms with Crippen LogP contribution in [0.25, 0.3) is 0 Å². The molecule has 70 valence electrons. The Morgan fingerprint density at radius 3 is 2.67 bits per heavy atom. The molecule has 1 saturated heterocycles. The van der Waals surface area contributed by atoms with Crippen LogP contribution in [0.4, 0.5) is 0 Å². The van der Waals surface area contributed by atoms with Crippen LogP contribution in [-0.4, -0.2) is 35.2 Å². The molecule has 2 aliphatic rings. The first-order valence-electron chi connectivity index (χ1n) is 5.10. The number of aliphatic hydroxyl groups is 1. The molecule has 1 N–H and O–H groups in total. The number of hydrogen-bond donors (Lipinski definition) is 1. The first kappa shape index (κ1) is 8.52. The van der Waals surface area contributed by atoms with Gasteiger partial charge in [0.2, 0.25) is 0 Å². The van der Waals surface area contributed by atoms with Crippen LogP contribution in [0, 0.1) is 5.41 Å². The normalized spacial score (nSPS) is 35.8. The number of nitrogens with zero attached hydrogens (tertiary/aromatic N) is 1. The van der Waals surface area contributed by atoms with Crippen molar-refractivity contribution in [2.45, 2.75) is 45.3 Å². The van der Waals surface area contributed by atoms with Crippen LogP contribution >= 0.6 is 0 Å². The second-order valence-electron chi connectivity index (χ2n) is 4.56. The van der Waals surface area contributed by atoms with Crippen molar-refractivity contribution in [3.63, 3.8) is 0 Å². The maximum atomic E-state index is 9.79. The van der Waals surface area contributed by atoms with E-state index >= 15 is 0 Å². The summed E-state index contributed by atoms with van der Waals surface area (Å²) in [6.45, 7) is 6.53. The Morgan fingerprint density at radius 1 is 1.58 bits per heavy atom. The lowest BCUT2D eigenvalue weighted by Gasteiger charge is -2.22. The lowest BCUT2D eigenvalue weighted by atomic mass is 10.0. The van der Waals surface area contributed by atoms with Gasteiger partial charge in [0.15, 0.2) is 0 Å². The van der Waals surface area contributed by atoms with E-state index in [1.54, 1.807) is 0 Å². The summed E-state index contributed by atoms with van der Waals surface area (Å²) in [5.74, 6) is 0. The molecule has 12 heavy (non-hydrogen) atoms. The van der Waals surface area contributed by atoms with E-state index in [1.165, 1.54) is 19.3 Å². The van der Waals surface area contributed by atoms with E-state index < -0.39 is 0 Å². The molecule has 2 heteroatoms. The largest absolute Gasteiger partial charge is 0.391 e. The van der Waals surface area contributed by atoms with E-state index in [1.807, 2.05) is 0 Å². The Hall–Kier alpha value is -0.0800. The summed E-state index contributed by atoms with van der Waals surface area (Å²) in [5.41, 5.74) is 0.337. The molecule has 0 radical (unpaired) electrons. The Bertz CT molecular complexity index is 177. The van der Waals surface area contributed by atoms with Crippen molar-refractivity contribution in [3.8, 4) is 0 Å². The van der Waals surface area contributed by atoms with Gasteiger partial charge in [-0.1, -0.05) is 6.92 Å². The first-order chi connectivity index (χ1) is 5.68. The van der Waals surface area contributed by atoms with Gasteiger partial charge >= 0.3 is 0 Å². The highest BCUT2D eigenvalue weighted by atomic mass is 16.3. The van der Waals surface area contributed by atoms with Crippen molar-refractivity contribution >= 4 is 0 Å². The predicted molar refractivity (Wildman–Crippen MR) is 49.0 cm³/mol. The number of hydrogen-bond acceptors (Lipinski definition) is 2. The van der Waals surface area contributed by atoms with E-state index in [2.05, 4.69) is 18.7 Å². The minimum Gasteiger partial charge on any atom is -0.391 e. The average molecular weight is 169 g/mol. The number of aliphatic hydroxyl groups excluding tert-OH is 1. The van der Waals surface area contributed by atoms with E-state index in [0.717, 1.165) is 13.1 Å². The van der Waals surface area contributed by atoms with E-state index in [-0.39, 0.29) is 6.10 Å². The van der Waals surface area contributed by atoms with E-state index in [4.69, 9.17) is 0 Å². The third-order valence-electron chi connectivity index (χ3n) is 3.74. The standard InChI is InChI=1S/C10H19NO/c1-3-8(2)11-6-9(12)10(7-11)4-5-10/h8-9,12H,3-7H2,1-2H3. The van der Waals surface area contributed by atoms with Crippen LogP contribution in [0.5, 0.6) is 0 Å². The quantitative estimate of drug-likeness (QED) is 0.672. The summed E-state index contributed by atoms with van der Waals surface area (Å²) < 4.78 is 0. The molecule has 0 amide bonds. The lowest BCUT2D eigenvalue weighted by Crippen LogP contribution is -2.31. The molecular formula is C10H19NO. The Balaban J connectivity index is 1.96. The molecule has 0 aromatic carbocycles. The van der Waals surface area contributed by atoms with Crippen molar-refractivity contribution in [1.29, 1.82) is 0 Å². The molecule has 2 fully saturated rings. The van der Waals surface area contributed by atoms with Gasteiger partial charge in [-0.05, 0) is 26.2 Å². The highest BCUT2D eigenvalue weighted by Crippen LogP contribution is 2.53. The molecule has 2 unspecified atom stereocenters. The number of likely N-dealkylation sites (tertiary alicyclic amines) is 1. The summed E-state index contributed by atoms with van der Waals surface area (Å²) in [4.78, 5) is 2.44. The van der Waals surface area contributed by atoms with Crippen molar-refractivity contribution < 1.29 is 5.11 Å². The maximum Gasteiger partial charge on any atom is 0.0735 e. The van der Waals surface area contributed by atoms with Crippen LogP contribution in [0.15, 0.2) is 0 Å². The van der Waals surface area contributed by atoms with Gasteiger partial charge in [0.25, 0.3) is 0 Å². The van der Waals surface area contributed by atoms with Crippen LogP contribution < -0.4 is 0 Å². The molecular weight excluding hydrogens is 150 g/mol. The molecule has 1 spiro atoms. The van der Waals surface area contributed by atoms with E-state index in [9.17, 15) is 5.11 Å². The van der Waals surface area contributed by atoms with Gasteiger partial charge in [-0.2, -0.15) is 0 Å². The van der Waals surface area contributed by atoms with E-state index in [0.29, 0.717) is 11.5 Å². The summed E-state index contributed by atoms with van der Waals surface area (Å²) in [5, 5.41) is 9.79. The Morgan fingerprint density at radius 2 is 2.25 bits per heavy atom. The van der Waals surface area contributed by atoms with Gasteiger partial charge < -0.3 is 5.11 Å². The van der Waals surface area contributed by atoms with Gasteiger partial charge in [0.05, 0.1) is 6.10 Å². The fourth-order valence-electron chi connectivity index (χ4n) is 2.24. The summed E-state index contributed by atoms with van der Waals surface area (Å²) in [6, 6.07) is 0.652. The van der Waals surface area contributed by atoms with Crippen molar-refractivity contribution in [3.05, 3.63) is 0 Å². The Kier molecular flexibility index (Phi) is 1.92. The minimum atomic E-state index is -0.0356. The van der Waals surface area contributed by atoms with Crippen LogP contribution in [-0.2, 0) is 0 Å². The van der Waals surface area contributed by atoms with Gasteiger partial charge in [0.1, 0.15) is 0 Å². The third-order valence-corrected chi connectivity index (χ3v) is 3.74. The van der Waals surface area contributed by atoms with Crippen LogP contribution in [0.3, 0.4) is 0 Å². The van der Waals surface area contributed by atoms with Crippen molar-refractivity contribution in [1.82, 2.24) is 4.90 Å². The molecule has 2 atom stereocenters. The van der Waals surface area contributed by atoms with Gasteiger partial charge in [0, 0.05) is 24.5 Å². The van der Waals surface area contributed by atoms with Gasteiger partial charge in [-0.3, -0.25) is 4.90 Å². The second kappa shape index (κ2) is 2.71. The second-order valence-corrected chi connectivity index (χ2v) is 4.56. The molecule has 0 bridgehead atoms. The summed E-state index contributed by atoms with van der Waals surface area (Å²) >= 11 is 0. The number of rotatable bonds is 2. The fourth-order valence-corrected chi connectivity index (χ4v) is 2.24. The zero-order valence-corrected chi connectivity index (χ0v) is 8.08. The number of β-amino-alcohol motifs (C(OH)–C–C–N with tert-alkyl or cyclic N) is 1. The van der Waals surface area contributed by atoms with Gasteiger partial charge in [-0.25, -0.2) is 0 Å². The molecule has 1 aliphatic carbocycles. The zero-order chi connectivity index (χ0) is 8.77. The first-order valence-corrected chi connectivity index (χ1v) is 5.10. The molecule has 2 rings (SSSR count). The molecule has 1 aliphatic heterocycles. The molecule has 1 saturated carbocycles. The molecule has 1 heterocycles. The Labute approximate surface area is 74.6 Å². The zero-order valence-electron chi connectivity index (χ0n) is 8.08. The van der Waals surface area contributed by atoms with Gasteiger partial charge in [-0.15, -0.1) is 0 Å². The highest BCUT2D eigenvalue weighted by molar-refractivity contribution is 5.07. The predicted octanol–water partition coefficient (Wildman–Crippen LogP) is 1.24. The monoisotopic (exact) mass is 169 g/mol. The smallest absolute Gasteiger partial charge is 0.0735 e. The van der Waals surface area contributed by atoms with Crippen molar-refractivity contribution in [2.24, 2.45) is 5.41 Å².